The van der Waals surface area contributed by atoms with E-state index < -0.39 is 16.3 Å². The predicted octanol–water partition coefficient (Wildman–Crippen LogP) is 2.45. The Morgan fingerprint density at radius 1 is 1.50 bits per heavy atom. The molecule has 0 saturated carbocycles. The lowest BCUT2D eigenvalue weighted by Gasteiger charge is -2.37. The van der Waals surface area contributed by atoms with E-state index in [-0.39, 0.29) is 22.5 Å². The van der Waals surface area contributed by atoms with Gasteiger partial charge in [-0.1, -0.05) is 0 Å². The van der Waals surface area contributed by atoms with Gasteiger partial charge >= 0.3 is 0 Å². The van der Waals surface area contributed by atoms with Crippen molar-refractivity contribution in [2.45, 2.75) is 18.4 Å². The number of nitro groups is 1. The summed E-state index contributed by atoms with van der Waals surface area (Å²) in [6.45, 7) is 0.746. The first-order chi connectivity index (χ1) is 9.47. The summed E-state index contributed by atoms with van der Waals surface area (Å²) in [6.07, 6.45) is 1.05. The van der Waals surface area contributed by atoms with Crippen LogP contribution in [0.3, 0.4) is 0 Å². The molecule has 1 aliphatic heterocycles. The van der Waals surface area contributed by atoms with Gasteiger partial charge in [0, 0.05) is 13.2 Å². The fraction of sp³-hybridized carbons (Fsp3) is 0.500. The molecule has 0 unspecified atom stereocenters. The van der Waals surface area contributed by atoms with Crippen LogP contribution in [0.1, 0.15) is 12.8 Å². The molecule has 1 aromatic rings. The van der Waals surface area contributed by atoms with E-state index in [1.54, 1.807) is 0 Å². The normalized spacial score (nSPS) is 17.8. The summed E-state index contributed by atoms with van der Waals surface area (Å²) >= 11 is 3.01. The highest BCUT2D eigenvalue weighted by Crippen LogP contribution is 2.34. The number of nitrogens with zero attached hydrogens (tertiary/aromatic N) is 1. The summed E-state index contributed by atoms with van der Waals surface area (Å²) in [5, 5.41) is 23.6. The molecule has 1 saturated heterocycles. The monoisotopic (exact) mass is 348 g/mol. The van der Waals surface area contributed by atoms with Crippen molar-refractivity contribution in [3.63, 3.8) is 0 Å². The minimum Gasteiger partial charge on any atom is -0.394 e. The maximum Gasteiger partial charge on any atom is 0.295 e. The second kappa shape index (κ2) is 6.02. The quantitative estimate of drug-likeness (QED) is 0.644. The summed E-state index contributed by atoms with van der Waals surface area (Å²) in [6, 6.07) is 2.18. The topological polar surface area (TPSA) is 84.6 Å². The summed E-state index contributed by atoms with van der Waals surface area (Å²) in [5.74, 6) is -0.702. The van der Waals surface area contributed by atoms with Crippen molar-refractivity contribution >= 4 is 27.3 Å². The largest absolute Gasteiger partial charge is 0.394 e. The van der Waals surface area contributed by atoms with Gasteiger partial charge in [0.15, 0.2) is 0 Å². The zero-order chi connectivity index (χ0) is 14.8. The van der Waals surface area contributed by atoms with Gasteiger partial charge in [-0.15, -0.1) is 0 Å². The van der Waals surface area contributed by atoms with Crippen LogP contribution in [0.2, 0.25) is 0 Å². The molecule has 1 heterocycles. The first-order valence-electron chi connectivity index (χ1n) is 6.08. The van der Waals surface area contributed by atoms with Gasteiger partial charge in [0.05, 0.1) is 27.6 Å². The van der Waals surface area contributed by atoms with E-state index in [4.69, 9.17) is 4.74 Å². The average molecular weight is 349 g/mol. The number of ether oxygens (including phenoxy) is 1. The summed E-state index contributed by atoms with van der Waals surface area (Å²) in [4.78, 5) is 10.4. The Balaban J connectivity index is 2.36. The minimum atomic E-state index is -0.702. The molecule has 0 atom stereocenters. The Morgan fingerprint density at radius 3 is 2.70 bits per heavy atom. The van der Waals surface area contributed by atoms with Crippen LogP contribution in [-0.2, 0) is 4.74 Å². The van der Waals surface area contributed by atoms with Crippen molar-refractivity contribution in [3.05, 3.63) is 32.5 Å². The van der Waals surface area contributed by atoms with Crippen LogP contribution >= 0.6 is 15.9 Å². The van der Waals surface area contributed by atoms with Crippen molar-refractivity contribution in [3.8, 4) is 0 Å². The number of aliphatic hydroxyl groups excluding tert-OH is 1. The van der Waals surface area contributed by atoms with Gasteiger partial charge in [-0.05, 0) is 34.8 Å². The molecule has 2 N–H and O–H groups in total. The second-order valence-corrected chi connectivity index (χ2v) is 5.57. The van der Waals surface area contributed by atoms with Crippen LogP contribution < -0.4 is 5.32 Å². The Labute approximate surface area is 123 Å². The van der Waals surface area contributed by atoms with Gasteiger partial charge < -0.3 is 15.2 Å². The SMILES string of the molecule is O=[N+]([O-])c1cc(F)c(Br)cc1NC1(CO)CCOCC1. The van der Waals surface area contributed by atoms with Crippen LogP contribution in [-0.4, -0.2) is 35.4 Å². The third-order valence-electron chi connectivity index (χ3n) is 3.39. The molecule has 6 nitrogen and oxygen atoms in total. The van der Waals surface area contributed by atoms with Gasteiger partial charge in [0.25, 0.3) is 5.69 Å². The van der Waals surface area contributed by atoms with E-state index in [1.807, 2.05) is 0 Å². The number of nitrogens with one attached hydrogen (secondary N) is 1. The highest BCUT2D eigenvalue weighted by atomic mass is 79.9. The standard InChI is InChI=1S/C12H14BrFN2O4/c13-8-5-10(11(16(18)19)6-9(8)14)15-12(7-17)1-3-20-4-2-12/h5-6,15,17H,1-4,7H2. The molecule has 2 rings (SSSR count). The van der Waals surface area contributed by atoms with Gasteiger partial charge in [-0.25, -0.2) is 4.39 Å². The lowest BCUT2D eigenvalue weighted by atomic mass is 9.90. The number of anilines is 1. The number of rotatable bonds is 4. The van der Waals surface area contributed by atoms with E-state index in [9.17, 15) is 19.6 Å². The molecule has 0 radical (unpaired) electrons. The molecule has 1 aromatic carbocycles. The molecule has 8 heteroatoms. The van der Waals surface area contributed by atoms with Gasteiger partial charge in [-0.3, -0.25) is 10.1 Å². The zero-order valence-corrected chi connectivity index (χ0v) is 12.2. The molecular weight excluding hydrogens is 335 g/mol. The van der Waals surface area contributed by atoms with Gasteiger partial charge in [0.2, 0.25) is 0 Å². The van der Waals surface area contributed by atoms with Crippen molar-refractivity contribution in [2.24, 2.45) is 0 Å². The van der Waals surface area contributed by atoms with Crippen LogP contribution in [0, 0.1) is 15.9 Å². The lowest BCUT2D eigenvalue weighted by molar-refractivity contribution is -0.384. The maximum atomic E-state index is 13.4. The van der Waals surface area contributed by atoms with Gasteiger partial charge in [0.1, 0.15) is 11.5 Å². The molecule has 0 spiro atoms. The Kier molecular flexibility index (Phi) is 4.56. The molecule has 0 amide bonds. The number of aliphatic hydroxyl groups is 1. The highest BCUT2D eigenvalue weighted by molar-refractivity contribution is 9.10. The van der Waals surface area contributed by atoms with Crippen molar-refractivity contribution in [2.75, 3.05) is 25.1 Å². The first kappa shape index (κ1) is 15.1. The number of halogens is 2. The minimum absolute atomic E-state index is 0.130. The molecule has 1 fully saturated rings. The number of hydrogen-bond donors (Lipinski definition) is 2. The van der Waals surface area contributed by atoms with Crippen molar-refractivity contribution in [1.82, 2.24) is 0 Å². The number of hydrogen-bond acceptors (Lipinski definition) is 5. The third-order valence-corrected chi connectivity index (χ3v) is 4.00. The Morgan fingerprint density at radius 2 is 2.15 bits per heavy atom. The lowest BCUT2D eigenvalue weighted by Crippen LogP contribution is -2.47. The average Bonchev–Trinajstić information content (AvgIpc) is 2.43. The van der Waals surface area contributed by atoms with E-state index in [1.165, 1.54) is 6.07 Å². The zero-order valence-electron chi connectivity index (χ0n) is 10.6. The van der Waals surface area contributed by atoms with Crippen molar-refractivity contribution in [1.29, 1.82) is 0 Å². The molecular formula is C12H14BrFN2O4. The summed E-state index contributed by atoms with van der Waals surface area (Å²) in [7, 11) is 0. The maximum absolute atomic E-state index is 13.4. The Hall–Kier alpha value is -1.25. The Bertz CT molecular complexity index is 520. The molecule has 1 aliphatic rings. The highest BCUT2D eigenvalue weighted by Gasteiger charge is 2.34. The van der Waals surface area contributed by atoms with Crippen LogP contribution in [0.4, 0.5) is 15.8 Å². The summed E-state index contributed by atoms with van der Waals surface area (Å²) in [5.41, 5.74) is -0.857. The van der Waals surface area contributed by atoms with Crippen LogP contribution in [0.15, 0.2) is 16.6 Å². The van der Waals surface area contributed by atoms with E-state index in [2.05, 4.69) is 21.2 Å². The molecule has 0 aromatic heterocycles. The smallest absolute Gasteiger partial charge is 0.295 e. The molecule has 0 bridgehead atoms. The third kappa shape index (κ3) is 3.08. The fourth-order valence-electron chi connectivity index (χ4n) is 2.16. The number of benzene rings is 1. The van der Waals surface area contributed by atoms with Gasteiger partial charge in [-0.2, -0.15) is 0 Å². The summed E-state index contributed by atoms with van der Waals surface area (Å²) < 4.78 is 18.8. The van der Waals surface area contributed by atoms with Crippen molar-refractivity contribution < 1.29 is 19.2 Å². The van der Waals surface area contributed by atoms with E-state index in [0.717, 1.165) is 6.07 Å². The molecule has 110 valence electrons. The molecule has 20 heavy (non-hydrogen) atoms. The predicted molar refractivity (Wildman–Crippen MR) is 74.2 cm³/mol. The van der Waals surface area contributed by atoms with Crippen LogP contribution in [0.5, 0.6) is 0 Å². The van der Waals surface area contributed by atoms with Crippen LogP contribution in [0.25, 0.3) is 0 Å². The first-order valence-corrected chi connectivity index (χ1v) is 6.87. The van der Waals surface area contributed by atoms with E-state index >= 15 is 0 Å². The van der Waals surface area contributed by atoms with E-state index in [0.29, 0.717) is 26.1 Å². The molecule has 0 aliphatic carbocycles. The fourth-order valence-corrected chi connectivity index (χ4v) is 2.50. The second-order valence-electron chi connectivity index (χ2n) is 4.72. The number of nitro benzene ring substituents is 1.